The zero-order chi connectivity index (χ0) is 20.5. The predicted molar refractivity (Wildman–Crippen MR) is 94.1 cm³/mol. The summed E-state index contributed by atoms with van der Waals surface area (Å²) >= 11 is 0. The van der Waals surface area contributed by atoms with Crippen molar-refractivity contribution < 1.29 is 26.4 Å². The third-order valence-corrected chi connectivity index (χ3v) is 6.09. The normalized spacial score (nSPS) is 12.9. The van der Waals surface area contributed by atoms with Crippen LogP contribution in [0.25, 0.3) is 0 Å². The first kappa shape index (κ1) is 20.9. The third-order valence-electron chi connectivity index (χ3n) is 4.26. The molecule has 0 aliphatic carbocycles. The van der Waals surface area contributed by atoms with Gasteiger partial charge in [0.15, 0.2) is 11.6 Å². The molecule has 0 N–H and O–H groups in total. The Balaban J connectivity index is 2.38. The van der Waals surface area contributed by atoms with E-state index in [-0.39, 0.29) is 5.56 Å². The fraction of sp³-hybridized carbons (Fsp3) is 0.278. The molecule has 5 nitrogen and oxygen atoms in total. The summed E-state index contributed by atoms with van der Waals surface area (Å²) in [6.45, 7) is 1.60. The van der Waals surface area contributed by atoms with E-state index in [0.29, 0.717) is 5.56 Å². The molecule has 2 rings (SSSR count). The van der Waals surface area contributed by atoms with Crippen LogP contribution in [0, 0.1) is 17.5 Å². The lowest BCUT2D eigenvalue weighted by Crippen LogP contribution is -2.30. The minimum atomic E-state index is -4.08. The van der Waals surface area contributed by atoms with Crippen molar-refractivity contribution in [3.05, 3.63) is 65.0 Å². The maximum Gasteiger partial charge on any atom is 0.254 e. The number of benzene rings is 2. The van der Waals surface area contributed by atoms with E-state index in [1.807, 2.05) is 0 Å². The van der Waals surface area contributed by atoms with Gasteiger partial charge in [0.1, 0.15) is 10.7 Å². The van der Waals surface area contributed by atoms with E-state index in [1.54, 1.807) is 6.92 Å². The Kier molecular flexibility index (Phi) is 5.96. The van der Waals surface area contributed by atoms with Gasteiger partial charge in [0.25, 0.3) is 5.91 Å². The molecule has 0 aromatic heterocycles. The monoisotopic (exact) mass is 400 g/mol. The van der Waals surface area contributed by atoms with Gasteiger partial charge in [-0.15, -0.1) is 0 Å². The molecule has 0 radical (unpaired) electrons. The van der Waals surface area contributed by atoms with Crippen molar-refractivity contribution in [2.45, 2.75) is 17.9 Å². The summed E-state index contributed by atoms with van der Waals surface area (Å²) in [4.78, 5) is 13.3. The van der Waals surface area contributed by atoms with Crippen LogP contribution in [0.1, 0.15) is 28.9 Å². The lowest BCUT2D eigenvalue weighted by atomic mass is 10.1. The highest BCUT2D eigenvalue weighted by Gasteiger charge is 2.26. The van der Waals surface area contributed by atoms with Crippen LogP contribution >= 0.6 is 0 Å². The molecule has 0 aliphatic heterocycles. The number of carbonyl (C=O) groups is 1. The molecule has 1 unspecified atom stereocenters. The van der Waals surface area contributed by atoms with Gasteiger partial charge in [0.05, 0.1) is 6.04 Å². The van der Waals surface area contributed by atoms with Gasteiger partial charge in [-0.05, 0) is 42.8 Å². The summed E-state index contributed by atoms with van der Waals surface area (Å²) in [7, 11) is -0.146. The first-order chi connectivity index (χ1) is 12.5. The van der Waals surface area contributed by atoms with E-state index in [9.17, 15) is 26.4 Å². The number of hydrogen-bond donors (Lipinski definition) is 0. The van der Waals surface area contributed by atoms with Gasteiger partial charge in [-0.25, -0.2) is 25.9 Å². The summed E-state index contributed by atoms with van der Waals surface area (Å²) in [6, 6.07) is 5.68. The first-order valence-corrected chi connectivity index (χ1v) is 9.35. The summed E-state index contributed by atoms with van der Waals surface area (Å²) in [5.41, 5.74) is 0.307. The fourth-order valence-electron chi connectivity index (χ4n) is 2.41. The molecule has 146 valence electrons. The minimum Gasteiger partial charge on any atom is -0.335 e. The van der Waals surface area contributed by atoms with Crippen LogP contribution in [0.15, 0.2) is 41.3 Å². The highest BCUT2D eigenvalue weighted by Crippen LogP contribution is 2.25. The molecule has 0 aliphatic rings. The molecule has 1 amide bonds. The van der Waals surface area contributed by atoms with Gasteiger partial charge in [-0.2, -0.15) is 0 Å². The van der Waals surface area contributed by atoms with Crippen molar-refractivity contribution >= 4 is 15.9 Å². The van der Waals surface area contributed by atoms with Gasteiger partial charge >= 0.3 is 0 Å². The predicted octanol–water partition coefficient (Wildman–Crippen LogP) is 3.19. The van der Waals surface area contributed by atoms with Crippen molar-refractivity contribution in [1.82, 2.24) is 9.21 Å². The second kappa shape index (κ2) is 7.69. The Labute approximate surface area is 156 Å². The van der Waals surface area contributed by atoms with Gasteiger partial charge in [0, 0.05) is 26.7 Å². The second-order valence-electron chi connectivity index (χ2n) is 6.20. The largest absolute Gasteiger partial charge is 0.335 e. The smallest absolute Gasteiger partial charge is 0.254 e. The van der Waals surface area contributed by atoms with Crippen molar-refractivity contribution in [3.8, 4) is 0 Å². The van der Waals surface area contributed by atoms with Gasteiger partial charge in [-0.1, -0.05) is 6.07 Å². The van der Waals surface area contributed by atoms with Gasteiger partial charge in [-0.3, -0.25) is 4.79 Å². The summed E-state index contributed by atoms with van der Waals surface area (Å²) in [6.07, 6.45) is 0. The number of halogens is 3. The topological polar surface area (TPSA) is 57.7 Å². The van der Waals surface area contributed by atoms with E-state index in [4.69, 9.17) is 0 Å². The fourth-order valence-corrected chi connectivity index (χ4v) is 3.39. The van der Waals surface area contributed by atoms with Crippen LogP contribution < -0.4 is 0 Å². The van der Waals surface area contributed by atoms with Crippen LogP contribution in [0.3, 0.4) is 0 Å². The summed E-state index contributed by atoms with van der Waals surface area (Å²) in [5.74, 6) is -3.61. The van der Waals surface area contributed by atoms with Crippen LogP contribution in [0.4, 0.5) is 13.2 Å². The number of hydrogen-bond acceptors (Lipinski definition) is 3. The van der Waals surface area contributed by atoms with Crippen molar-refractivity contribution in [3.63, 3.8) is 0 Å². The van der Waals surface area contributed by atoms with Crippen LogP contribution in [-0.4, -0.2) is 44.7 Å². The lowest BCUT2D eigenvalue weighted by Gasteiger charge is -2.26. The SMILES string of the molecule is CC(c1ccc(F)c(F)c1)N(C)C(=O)c1ccc(F)c(S(=O)(=O)N(C)C)c1. The van der Waals surface area contributed by atoms with Gasteiger partial charge < -0.3 is 4.90 Å². The summed E-state index contributed by atoms with van der Waals surface area (Å²) < 4.78 is 65.8. The van der Waals surface area contributed by atoms with Crippen molar-refractivity contribution in [2.75, 3.05) is 21.1 Å². The maximum atomic E-state index is 14.0. The van der Waals surface area contributed by atoms with E-state index >= 15 is 0 Å². The van der Waals surface area contributed by atoms with Crippen LogP contribution in [0.5, 0.6) is 0 Å². The van der Waals surface area contributed by atoms with E-state index in [2.05, 4.69) is 0 Å². The highest BCUT2D eigenvalue weighted by atomic mass is 32.2. The molecule has 0 bridgehead atoms. The standard InChI is InChI=1S/C18H19F3N2O3S/c1-11(12-5-7-14(19)16(21)9-12)23(4)18(24)13-6-8-15(20)17(10-13)27(25,26)22(2)3/h5-11H,1-4H3. The minimum absolute atomic E-state index is 0.0474. The third kappa shape index (κ3) is 4.14. The zero-order valence-corrected chi connectivity index (χ0v) is 16.0. The van der Waals surface area contributed by atoms with E-state index in [0.717, 1.165) is 28.6 Å². The number of nitrogens with zero attached hydrogens (tertiary/aromatic N) is 2. The number of sulfonamides is 1. The highest BCUT2D eigenvalue weighted by molar-refractivity contribution is 7.89. The molecule has 2 aromatic rings. The Bertz CT molecular complexity index is 978. The summed E-state index contributed by atoms with van der Waals surface area (Å²) in [5, 5.41) is 0. The second-order valence-corrected chi connectivity index (χ2v) is 8.32. The number of rotatable bonds is 5. The average Bonchev–Trinajstić information content (AvgIpc) is 2.62. The molecule has 2 aromatic carbocycles. The van der Waals surface area contributed by atoms with E-state index in [1.165, 1.54) is 38.2 Å². The maximum absolute atomic E-state index is 14.0. The molecule has 9 heteroatoms. The van der Waals surface area contributed by atoms with E-state index < -0.39 is 44.3 Å². The Morgan fingerprint density at radius 3 is 2.07 bits per heavy atom. The molecule has 0 fully saturated rings. The Morgan fingerprint density at radius 2 is 1.52 bits per heavy atom. The molecule has 0 spiro atoms. The van der Waals surface area contributed by atoms with Crippen molar-refractivity contribution in [2.24, 2.45) is 0 Å². The Morgan fingerprint density at radius 1 is 0.926 bits per heavy atom. The Hall–Kier alpha value is -2.39. The lowest BCUT2D eigenvalue weighted by molar-refractivity contribution is 0.0742. The molecular formula is C18H19F3N2O3S. The van der Waals surface area contributed by atoms with Crippen LogP contribution in [-0.2, 0) is 10.0 Å². The average molecular weight is 400 g/mol. The molecular weight excluding hydrogens is 381 g/mol. The molecule has 0 saturated heterocycles. The number of carbonyl (C=O) groups excluding carboxylic acids is 1. The van der Waals surface area contributed by atoms with Crippen LogP contribution in [0.2, 0.25) is 0 Å². The molecule has 27 heavy (non-hydrogen) atoms. The molecule has 0 saturated carbocycles. The first-order valence-electron chi connectivity index (χ1n) is 7.91. The zero-order valence-electron chi connectivity index (χ0n) is 15.2. The quantitative estimate of drug-likeness (QED) is 0.775. The van der Waals surface area contributed by atoms with Crippen molar-refractivity contribution in [1.29, 1.82) is 0 Å². The number of amides is 1. The molecule has 0 heterocycles. The molecule has 1 atom stereocenters. The van der Waals surface area contributed by atoms with Gasteiger partial charge in [0.2, 0.25) is 10.0 Å².